The van der Waals surface area contributed by atoms with Crippen molar-refractivity contribution in [3.05, 3.63) is 42.4 Å². The normalized spacial score (nSPS) is 17.4. The molecule has 158 valence electrons. The Balaban J connectivity index is 1.61. The number of aryl methyl sites for hydroxylation is 1. The fourth-order valence-corrected chi connectivity index (χ4v) is 3.74. The largest absolute Gasteiger partial charge is 0.390 e. The molecule has 1 amide bonds. The van der Waals surface area contributed by atoms with Gasteiger partial charge in [0.2, 0.25) is 0 Å². The molecule has 7 nitrogen and oxygen atoms in total. The first kappa shape index (κ1) is 21.3. The molecule has 1 N–H and O–H groups in total. The summed E-state index contributed by atoms with van der Waals surface area (Å²) in [7, 11) is 1.95. The highest BCUT2D eigenvalue weighted by Gasteiger charge is 2.27. The van der Waals surface area contributed by atoms with E-state index in [0.717, 1.165) is 44.6 Å². The molecule has 29 heavy (non-hydrogen) atoms. The smallest absolute Gasteiger partial charge is 0.255 e. The number of likely N-dealkylation sites (tertiary alicyclic amines) is 1. The van der Waals surface area contributed by atoms with E-state index in [2.05, 4.69) is 10.1 Å². The summed E-state index contributed by atoms with van der Waals surface area (Å²) < 4.78 is 1.93. The number of anilines is 1. The average Bonchev–Trinajstić information content (AvgIpc) is 3.23. The SMILES string of the molecule is CN(CCC(C)(C)O)c1ccc(C(=O)N2CCCC[C@@H]2CCn2cccn2)cn1. The molecule has 0 aliphatic carbocycles. The number of hydrogen-bond donors (Lipinski definition) is 1. The van der Waals surface area contributed by atoms with Crippen molar-refractivity contribution in [1.29, 1.82) is 0 Å². The number of hydrogen-bond acceptors (Lipinski definition) is 5. The van der Waals surface area contributed by atoms with Crippen molar-refractivity contribution in [2.45, 2.75) is 64.1 Å². The zero-order chi connectivity index (χ0) is 20.9. The Kier molecular flexibility index (Phi) is 6.90. The Bertz CT molecular complexity index is 768. The number of nitrogens with zero attached hydrogens (tertiary/aromatic N) is 5. The molecule has 0 aromatic carbocycles. The minimum atomic E-state index is -0.705. The summed E-state index contributed by atoms with van der Waals surface area (Å²) >= 11 is 0. The van der Waals surface area contributed by atoms with Gasteiger partial charge < -0.3 is 14.9 Å². The lowest BCUT2D eigenvalue weighted by Crippen LogP contribution is -2.44. The Morgan fingerprint density at radius 1 is 1.34 bits per heavy atom. The summed E-state index contributed by atoms with van der Waals surface area (Å²) in [6, 6.07) is 5.93. The van der Waals surface area contributed by atoms with Crippen LogP contribution in [-0.4, -0.2) is 62.5 Å². The summed E-state index contributed by atoms with van der Waals surface area (Å²) in [5, 5.41) is 14.2. The van der Waals surface area contributed by atoms with Crippen LogP contribution >= 0.6 is 0 Å². The quantitative estimate of drug-likeness (QED) is 0.739. The first-order chi connectivity index (χ1) is 13.8. The fraction of sp³-hybridized carbons (Fsp3) is 0.591. The third-order valence-electron chi connectivity index (χ3n) is 5.58. The highest BCUT2D eigenvalue weighted by atomic mass is 16.3. The summed E-state index contributed by atoms with van der Waals surface area (Å²) in [6.07, 6.45) is 10.2. The minimum Gasteiger partial charge on any atom is -0.390 e. The molecule has 0 radical (unpaired) electrons. The third kappa shape index (κ3) is 6.03. The molecule has 1 fully saturated rings. The first-order valence-corrected chi connectivity index (χ1v) is 10.5. The molecule has 2 aromatic heterocycles. The zero-order valence-corrected chi connectivity index (χ0v) is 17.8. The van der Waals surface area contributed by atoms with Gasteiger partial charge in [-0.15, -0.1) is 0 Å². The van der Waals surface area contributed by atoms with Gasteiger partial charge >= 0.3 is 0 Å². The zero-order valence-electron chi connectivity index (χ0n) is 17.8. The Labute approximate surface area is 173 Å². The van der Waals surface area contributed by atoms with Crippen molar-refractivity contribution < 1.29 is 9.90 Å². The maximum Gasteiger partial charge on any atom is 0.255 e. The van der Waals surface area contributed by atoms with E-state index < -0.39 is 5.60 Å². The Morgan fingerprint density at radius 3 is 2.83 bits per heavy atom. The van der Waals surface area contributed by atoms with E-state index in [-0.39, 0.29) is 11.9 Å². The Hall–Kier alpha value is -2.41. The monoisotopic (exact) mass is 399 g/mol. The molecule has 2 aromatic rings. The second kappa shape index (κ2) is 9.39. The van der Waals surface area contributed by atoms with Gasteiger partial charge in [0, 0.05) is 51.3 Å². The first-order valence-electron chi connectivity index (χ1n) is 10.5. The topological polar surface area (TPSA) is 74.5 Å². The molecule has 1 aliphatic heterocycles. The van der Waals surface area contributed by atoms with Gasteiger partial charge in [0.05, 0.1) is 11.2 Å². The van der Waals surface area contributed by atoms with Crippen molar-refractivity contribution in [1.82, 2.24) is 19.7 Å². The van der Waals surface area contributed by atoms with Crippen LogP contribution in [0.4, 0.5) is 5.82 Å². The molecule has 1 saturated heterocycles. The van der Waals surface area contributed by atoms with E-state index >= 15 is 0 Å². The van der Waals surface area contributed by atoms with Gasteiger partial charge in [0.15, 0.2) is 0 Å². The third-order valence-corrected chi connectivity index (χ3v) is 5.58. The maximum atomic E-state index is 13.1. The lowest BCUT2D eigenvalue weighted by molar-refractivity contribution is 0.0593. The number of rotatable bonds is 8. The second-order valence-corrected chi connectivity index (χ2v) is 8.60. The second-order valence-electron chi connectivity index (χ2n) is 8.60. The molecule has 3 rings (SSSR count). The molecule has 0 unspecified atom stereocenters. The van der Waals surface area contributed by atoms with Crippen LogP contribution in [0.25, 0.3) is 0 Å². The summed E-state index contributed by atoms with van der Waals surface area (Å²) in [5.74, 6) is 0.869. The molecular weight excluding hydrogens is 366 g/mol. The van der Waals surface area contributed by atoms with E-state index in [1.54, 1.807) is 26.2 Å². The van der Waals surface area contributed by atoms with Crippen LogP contribution in [0, 0.1) is 0 Å². The minimum absolute atomic E-state index is 0.0633. The van der Waals surface area contributed by atoms with E-state index in [9.17, 15) is 9.90 Å². The van der Waals surface area contributed by atoms with Crippen molar-refractivity contribution >= 4 is 11.7 Å². The average molecular weight is 400 g/mol. The van der Waals surface area contributed by atoms with Gasteiger partial charge in [-0.1, -0.05) is 0 Å². The maximum absolute atomic E-state index is 13.1. The van der Waals surface area contributed by atoms with E-state index in [1.165, 1.54) is 0 Å². The summed E-state index contributed by atoms with van der Waals surface area (Å²) in [6.45, 7) is 5.93. The van der Waals surface area contributed by atoms with Gasteiger partial charge in [0.1, 0.15) is 5.82 Å². The van der Waals surface area contributed by atoms with Crippen LogP contribution in [0.5, 0.6) is 0 Å². The van der Waals surface area contributed by atoms with Crippen LogP contribution in [0.1, 0.15) is 56.3 Å². The van der Waals surface area contributed by atoms with Gasteiger partial charge in [-0.25, -0.2) is 4.98 Å². The van der Waals surface area contributed by atoms with Gasteiger partial charge in [0.25, 0.3) is 5.91 Å². The molecule has 7 heteroatoms. The van der Waals surface area contributed by atoms with Crippen LogP contribution in [0.3, 0.4) is 0 Å². The van der Waals surface area contributed by atoms with Gasteiger partial charge in [-0.3, -0.25) is 9.48 Å². The fourth-order valence-electron chi connectivity index (χ4n) is 3.74. The van der Waals surface area contributed by atoms with Gasteiger partial charge in [-0.05, 0) is 64.2 Å². The number of carbonyl (C=O) groups is 1. The number of aliphatic hydroxyl groups is 1. The number of pyridine rings is 1. The molecule has 1 aliphatic rings. The van der Waals surface area contributed by atoms with Crippen LogP contribution < -0.4 is 4.90 Å². The van der Waals surface area contributed by atoms with Crippen molar-refractivity contribution in [2.75, 3.05) is 25.0 Å². The lowest BCUT2D eigenvalue weighted by Gasteiger charge is -2.36. The predicted molar refractivity (Wildman–Crippen MR) is 114 cm³/mol. The summed E-state index contributed by atoms with van der Waals surface area (Å²) in [4.78, 5) is 21.6. The van der Waals surface area contributed by atoms with Crippen molar-refractivity contribution in [2.24, 2.45) is 0 Å². The molecule has 0 saturated carbocycles. The summed E-state index contributed by atoms with van der Waals surface area (Å²) in [5.41, 5.74) is -0.0699. The number of amides is 1. The highest BCUT2D eigenvalue weighted by molar-refractivity contribution is 5.94. The van der Waals surface area contributed by atoms with E-state index in [0.29, 0.717) is 18.5 Å². The molecule has 0 spiro atoms. The van der Waals surface area contributed by atoms with Gasteiger partial charge in [-0.2, -0.15) is 5.10 Å². The van der Waals surface area contributed by atoms with E-state index in [1.807, 2.05) is 45.9 Å². The standard InChI is InChI=1S/C22H33N5O2/c1-22(2,29)11-16-25(3)20-9-8-18(17-23-20)21(28)27-14-5-4-7-19(27)10-15-26-13-6-12-24-26/h6,8-9,12-13,17,19,29H,4-5,7,10-11,14-16H2,1-3H3/t19-/m1/s1. The number of aromatic nitrogens is 3. The van der Waals surface area contributed by atoms with Crippen LogP contribution in [-0.2, 0) is 6.54 Å². The van der Waals surface area contributed by atoms with Crippen molar-refractivity contribution in [3.63, 3.8) is 0 Å². The van der Waals surface area contributed by atoms with Crippen LogP contribution in [0.15, 0.2) is 36.8 Å². The number of piperidine rings is 1. The molecule has 0 bridgehead atoms. The lowest BCUT2D eigenvalue weighted by atomic mass is 9.98. The Morgan fingerprint density at radius 2 is 2.17 bits per heavy atom. The highest BCUT2D eigenvalue weighted by Crippen LogP contribution is 2.23. The molecular formula is C22H33N5O2. The molecule has 3 heterocycles. The predicted octanol–water partition coefficient (Wildman–Crippen LogP) is 2.96. The number of carbonyl (C=O) groups excluding carboxylic acids is 1. The van der Waals surface area contributed by atoms with E-state index in [4.69, 9.17) is 0 Å². The molecule has 1 atom stereocenters. The van der Waals surface area contributed by atoms with Crippen LogP contribution in [0.2, 0.25) is 0 Å². The van der Waals surface area contributed by atoms with Crippen molar-refractivity contribution in [3.8, 4) is 0 Å².